The van der Waals surface area contributed by atoms with Crippen molar-refractivity contribution in [3.63, 3.8) is 0 Å². The molecule has 1 aliphatic heterocycles. The molecular weight excluding hydrogens is 212 g/mol. The molecule has 1 amide bonds. The first-order valence-corrected chi connectivity index (χ1v) is 5.57. The third kappa shape index (κ3) is 1.94. The van der Waals surface area contributed by atoms with Crippen molar-refractivity contribution in [3.05, 3.63) is 10.6 Å². The molecule has 6 heteroatoms. The number of aromatic amines is 1. The number of hydrogen-bond acceptors (Lipinski definition) is 3. The maximum Gasteiger partial charge on any atom is 0.220 e. The summed E-state index contributed by atoms with van der Waals surface area (Å²) in [5.41, 5.74) is 0. The molecule has 5 nitrogen and oxygen atoms in total. The monoisotopic (exact) mass is 226 g/mol. The van der Waals surface area contributed by atoms with E-state index in [0.717, 1.165) is 25.2 Å². The zero-order valence-electron chi connectivity index (χ0n) is 8.62. The molecule has 0 aromatic carbocycles. The van der Waals surface area contributed by atoms with Gasteiger partial charge in [0.15, 0.2) is 10.6 Å². The van der Waals surface area contributed by atoms with E-state index in [1.807, 2.05) is 4.57 Å². The van der Waals surface area contributed by atoms with Gasteiger partial charge in [-0.3, -0.25) is 9.89 Å². The van der Waals surface area contributed by atoms with E-state index in [9.17, 15) is 4.79 Å². The summed E-state index contributed by atoms with van der Waals surface area (Å²) in [4.78, 5) is 11.1. The van der Waals surface area contributed by atoms with Gasteiger partial charge in [-0.2, -0.15) is 5.10 Å². The van der Waals surface area contributed by atoms with E-state index in [2.05, 4.69) is 22.4 Å². The average molecular weight is 226 g/mol. The van der Waals surface area contributed by atoms with Crippen molar-refractivity contribution in [1.29, 1.82) is 0 Å². The van der Waals surface area contributed by atoms with Gasteiger partial charge in [-0.15, -0.1) is 0 Å². The zero-order valence-corrected chi connectivity index (χ0v) is 9.43. The number of amides is 1. The molecule has 1 aromatic rings. The quantitative estimate of drug-likeness (QED) is 0.764. The molecule has 0 radical (unpaired) electrons. The summed E-state index contributed by atoms with van der Waals surface area (Å²) in [7, 11) is 0. The van der Waals surface area contributed by atoms with Crippen molar-refractivity contribution in [2.45, 2.75) is 38.8 Å². The van der Waals surface area contributed by atoms with E-state index in [4.69, 9.17) is 12.2 Å². The summed E-state index contributed by atoms with van der Waals surface area (Å²) in [6.07, 6.45) is 2.39. The molecule has 15 heavy (non-hydrogen) atoms. The van der Waals surface area contributed by atoms with Crippen LogP contribution in [0.3, 0.4) is 0 Å². The predicted octanol–water partition coefficient (Wildman–Crippen LogP) is 1.30. The summed E-state index contributed by atoms with van der Waals surface area (Å²) in [5, 5.41) is 9.85. The van der Waals surface area contributed by atoms with E-state index in [-0.39, 0.29) is 11.9 Å². The van der Waals surface area contributed by atoms with Crippen LogP contribution in [-0.2, 0) is 11.3 Å². The largest absolute Gasteiger partial charge is 0.346 e. The first-order chi connectivity index (χ1) is 7.22. The highest BCUT2D eigenvalue weighted by molar-refractivity contribution is 7.71. The Bertz CT molecular complexity index is 422. The van der Waals surface area contributed by atoms with Gasteiger partial charge in [0.25, 0.3) is 0 Å². The second-order valence-corrected chi connectivity index (χ2v) is 4.08. The third-order valence-corrected chi connectivity index (χ3v) is 2.85. The second-order valence-electron chi connectivity index (χ2n) is 3.70. The maximum absolute atomic E-state index is 11.1. The van der Waals surface area contributed by atoms with E-state index < -0.39 is 0 Å². The number of carbonyl (C=O) groups excluding carboxylic acids is 1. The Morgan fingerprint density at radius 2 is 2.47 bits per heavy atom. The number of nitrogens with zero attached hydrogens (tertiary/aromatic N) is 2. The van der Waals surface area contributed by atoms with Gasteiger partial charge in [-0.25, -0.2) is 0 Å². The van der Waals surface area contributed by atoms with Crippen LogP contribution in [0, 0.1) is 4.77 Å². The Hall–Kier alpha value is -1.17. The number of carbonyl (C=O) groups is 1. The van der Waals surface area contributed by atoms with Crippen LogP contribution in [0.2, 0.25) is 0 Å². The number of rotatable bonds is 3. The van der Waals surface area contributed by atoms with Crippen LogP contribution in [0.25, 0.3) is 0 Å². The lowest BCUT2D eigenvalue weighted by Crippen LogP contribution is -2.21. The third-order valence-electron chi connectivity index (χ3n) is 2.54. The summed E-state index contributed by atoms with van der Waals surface area (Å²) < 4.78 is 2.60. The van der Waals surface area contributed by atoms with Gasteiger partial charge in [0.2, 0.25) is 5.91 Å². The Morgan fingerprint density at radius 1 is 1.67 bits per heavy atom. The average Bonchev–Trinajstić information content (AvgIpc) is 2.76. The molecule has 0 bridgehead atoms. The van der Waals surface area contributed by atoms with Crippen molar-refractivity contribution in [1.82, 2.24) is 20.1 Å². The minimum Gasteiger partial charge on any atom is -0.346 e. The summed E-state index contributed by atoms with van der Waals surface area (Å²) in [5.74, 6) is 0.949. The van der Waals surface area contributed by atoms with Crippen molar-refractivity contribution in [2.75, 3.05) is 0 Å². The molecule has 2 rings (SSSR count). The fourth-order valence-corrected chi connectivity index (χ4v) is 2.07. The van der Waals surface area contributed by atoms with E-state index in [1.54, 1.807) is 0 Å². The van der Waals surface area contributed by atoms with Crippen molar-refractivity contribution in [3.8, 4) is 0 Å². The Balaban J connectivity index is 2.27. The van der Waals surface area contributed by atoms with Gasteiger partial charge in [0, 0.05) is 13.0 Å². The molecule has 2 N–H and O–H groups in total. The van der Waals surface area contributed by atoms with Gasteiger partial charge >= 0.3 is 0 Å². The van der Waals surface area contributed by atoms with Crippen molar-refractivity contribution < 1.29 is 4.79 Å². The summed E-state index contributed by atoms with van der Waals surface area (Å²) in [6.45, 7) is 2.93. The SMILES string of the molecule is CCCn1c(C2CCC(=O)N2)n[nH]c1=S. The van der Waals surface area contributed by atoms with Crippen LogP contribution in [0.5, 0.6) is 0 Å². The van der Waals surface area contributed by atoms with Crippen LogP contribution >= 0.6 is 12.2 Å². The van der Waals surface area contributed by atoms with Gasteiger partial charge < -0.3 is 9.88 Å². The standard InChI is InChI=1S/C9H14N4OS/c1-2-5-13-8(11-12-9(13)15)6-3-4-7(14)10-6/h6H,2-5H2,1H3,(H,10,14)(H,12,15). The number of hydrogen-bond donors (Lipinski definition) is 2. The first-order valence-electron chi connectivity index (χ1n) is 5.17. The van der Waals surface area contributed by atoms with Crippen LogP contribution in [0.15, 0.2) is 0 Å². The molecule has 2 heterocycles. The molecule has 1 aliphatic rings. The molecule has 1 aromatic heterocycles. The molecule has 0 spiro atoms. The normalized spacial score (nSPS) is 20.6. The highest BCUT2D eigenvalue weighted by atomic mass is 32.1. The lowest BCUT2D eigenvalue weighted by molar-refractivity contribution is -0.119. The Kier molecular flexibility index (Phi) is 2.86. The molecule has 82 valence electrons. The highest BCUT2D eigenvalue weighted by Crippen LogP contribution is 2.22. The fraction of sp³-hybridized carbons (Fsp3) is 0.667. The number of H-pyrrole nitrogens is 1. The van der Waals surface area contributed by atoms with E-state index in [0.29, 0.717) is 11.2 Å². The molecule has 0 aliphatic carbocycles. The molecule has 1 atom stereocenters. The minimum atomic E-state index is 0.0250. The highest BCUT2D eigenvalue weighted by Gasteiger charge is 2.26. The van der Waals surface area contributed by atoms with Gasteiger partial charge in [-0.05, 0) is 25.1 Å². The first kappa shape index (κ1) is 10.4. The second kappa shape index (κ2) is 4.14. The fourth-order valence-electron chi connectivity index (χ4n) is 1.84. The molecule has 1 fully saturated rings. The van der Waals surface area contributed by atoms with E-state index in [1.165, 1.54) is 0 Å². The molecule has 1 unspecified atom stereocenters. The Labute approximate surface area is 92.9 Å². The number of nitrogens with one attached hydrogen (secondary N) is 2. The van der Waals surface area contributed by atoms with Gasteiger partial charge in [0.1, 0.15) is 0 Å². The molecule has 0 saturated carbocycles. The minimum absolute atomic E-state index is 0.0250. The zero-order chi connectivity index (χ0) is 10.8. The maximum atomic E-state index is 11.1. The van der Waals surface area contributed by atoms with Gasteiger partial charge in [0.05, 0.1) is 6.04 Å². The number of aromatic nitrogens is 3. The summed E-state index contributed by atoms with van der Waals surface area (Å²) >= 11 is 5.14. The molecular formula is C9H14N4OS. The van der Waals surface area contributed by atoms with Crippen LogP contribution < -0.4 is 5.32 Å². The molecule has 1 saturated heterocycles. The van der Waals surface area contributed by atoms with Crippen LogP contribution in [0.1, 0.15) is 38.1 Å². The predicted molar refractivity (Wildman–Crippen MR) is 57.8 cm³/mol. The van der Waals surface area contributed by atoms with Gasteiger partial charge in [-0.1, -0.05) is 6.92 Å². The van der Waals surface area contributed by atoms with Crippen molar-refractivity contribution in [2.24, 2.45) is 0 Å². The van der Waals surface area contributed by atoms with Crippen molar-refractivity contribution >= 4 is 18.1 Å². The van der Waals surface area contributed by atoms with Crippen LogP contribution in [0.4, 0.5) is 0 Å². The smallest absolute Gasteiger partial charge is 0.220 e. The van der Waals surface area contributed by atoms with E-state index >= 15 is 0 Å². The summed E-state index contributed by atoms with van der Waals surface area (Å²) in [6, 6.07) is 0.0250. The topological polar surface area (TPSA) is 62.7 Å². The lowest BCUT2D eigenvalue weighted by atomic mass is 10.2. The van der Waals surface area contributed by atoms with Crippen LogP contribution in [-0.4, -0.2) is 20.7 Å². The Morgan fingerprint density at radius 3 is 3.07 bits per heavy atom. The lowest BCUT2D eigenvalue weighted by Gasteiger charge is -2.10.